The number of aliphatic imine (C=N–C) groups is 1. The van der Waals surface area contributed by atoms with Crippen LogP contribution in [0.5, 0.6) is 5.75 Å². The van der Waals surface area contributed by atoms with Gasteiger partial charge in [-0.05, 0) is 69.8 Å². The summed E-state index contributed by atoms with van der Waals surface area (Å²) in [5.74, 6) is 1.77. The number of methoxy groups -OCH3 is 1. The van der Waals surface area contributed by atoms with Gasteiger partial charge in [-0.2, -0.15) is 0 Å². The Bertz CT molecular complexity index is 658. The molecule has 0 amide bonds. The lowest BCUT2D eigenvalue weighted by Gasteiger charge is -2.27. The minimum absolute atomic E-state index is 0.266. The van der Waals surface area contributed by atoms with E-state index in [9.17, 15) is 0 Å². The van der Waals surface area contributed by atoms with Gasteiger partial charge in [0.15, 0.2) is 5.96 Å². The second kappa shape index (κ2) is 13.6. The van der Waals surface area contributed by atoms with Crippen LogP contribution in [-0.2, 0) is 9.47 Å². The fourth-order valence-electron chi connectivity index (χ4n) is 4.22. The molecule has 7 nitrogen and oxygen atoms in total. The molecule has 2 atom stereocenters. The number of nitrogens with zero attached hydrogens (tertiary/aromatic N) is 2. The standard InChI is InChI=1S/C24H40N4O3/c1-3-25-24(26-12-8-15-30-19-22-11-7-16-31-22)27-18-23(28-13-4-5-14-28)20-9-6-10-21(17-20)29-2/h6,9-10,17,22-23H,3-5,7-8,11-16,18-19H2,1-2H3,(H2,25,26,27). The third kappa shape index (κ3) is 7.98. The second-order valence-corrected chi connectivity index (χ2v) is 8.25. The highest BCUT2D eigenvalue weighted by molar-refractivity contribution is 5.79. The summed E-state index contributed by atoms with van der Waals surface area (Å²) < 4.78 is 16.8. The Hall–Kier alpha value is -1.83. The predicted molar refractivity (Wildman–Crippen MR) is 125 cm³/mol. The summed E-state index contributed by atoms with van der Waals surface area (Å²) in [6, 6.07) is 8.67. The molecule has 0 spiro atoms. The first-order valence-electron chi connectivity index (χ1n) is 11.9. The Morgan fingerprint density at radius 1 is 1.26 bits per heavy atom. The molecule has 2 fully saturated rings. The van der Waals surface area contributed by atoms with E-state index in [-0.39, 0.29) is 6.04 Å². The number of rotatable bonds is 12. The van der Waals surface area contributed by atoms with Crippen molar-refractivity contribution in [3.63, 3.8) is 0 Å². The molecule has 2 unspecified atom stereocenters. The molecule has 0 aromatic heterocycles. The molecule has 31 heavy (non-hydrogen) atoms. The number of likely N-dealkylation sites (tertiary alicyclic amines) is 1. The minimum atomic E-state index is 0.266. The first-order valence-corrected chi connectivity index (χ1v) is 11.9. The molecular weight excluding hydrogens is 392 g/mol. The van der Waals surface area contributed by atoms with Crippen LogP contribution >= 0.6 is 0 Å². The maximum Gasteiger partial charge on any atom is 0.191 e. The molecule has 2 heterocycles. The molecule has 174 valence electrons. The molecule has 1 aromatic rings. The Morgan fingerprint density at radius 3 is 2.87 bits per heavy atom. The highest BCUT2D eigenvalue weighted by atomic mass is 16.5. The molecule has 7 heteroatoms. The monoisotopic (exact) mass is 432 g/mol. The lowest BCUT2D eigenvalue weighted by Crippen LogP contribution is -2.39. The normalized spacial score (nSPS) is 20.7. The van der Waals surface area contributed by atoms with Crippen LogP contribution in [0.25, 0.3) is 0 Å². The fourth-order valence-corrected chi connectivity index (χ4v) is 4.22. The van der Waals surface area contributed by atoms with Gasteiger partial charge < -0.3 is 24.8 Å². The molecule has 2 aliphatic rings. The van der Waals surface area contributed by atoms with Crippen LogP contribution in [0.3, 0.4) is 0 Å². The van der Waals surface area contributed by atoms with Gasteiger partial charge in [0.25, 0.3) is 0 Å². The van der Waals surface area contributed by atoms with E-state index in [2.05, 4.69) is 40.7 Å². The number of hydrogen-bond donors (Lipinski definition) is 2. The van der Waals surface area contributed by atoms with Crippen molar-refractivity contribution in [2.24, 2.45) is 4.99 Å². The van der Waals surface area contributed by atoms with Gasteiger partial charge in [-0.3, -0.25) is 9.89 Å². The summed E-state index contributed by atoms with van der Waals surface area (Å²) in [4.78, 5) is 7.46. The third-order valence-electron chi connectivity index (χ3n) is 5.91. The lowest BCUT2D eigenvalue weighted by molar-refractivity contribution is 0.0168. The SMILES string of the molecule is CCNC(=NCC(c1cccc(OC)c1)N1CCCC1)NCCCOCC1CCCO1. The molecule has 0 saturated carbocycles. The average Bonchev–Trinajstić information content (AvgIpc) is 3.51. The van der Waals surface area contributed by atoms with E-state index >= 15 is 0 Å². The average molecular weight is 433 g/mol. The van der Waals surface area contributed by atoms with E-state index in [4.69, 9.17) is 19.2 Å². The zero-order valence-electron chi connectivity index (χ0n) is 19.3. The summed E-state index contributed by atoms with van der Waals surface area (Å²) >= 11 is 0. The topological polar surface area (TPSA) is 67.4 Å². The van der Waals surface area contributed by atoms with Crippen molar-refractivity contribution in [1.82, 2.24) is 15.5 Å². The maximum atomic E-state index is 5.76. The van der Waals surface area contributed by atoms with Crippen molar-refractivity contribution in [1.29, 1.82) is 0 Å². The van der Waals surface area contributed by atoms with Gasteiger partial charge in [-0.1, -0.05) is 12.1 Å². The predicted octanol–water partition coefficient (Wildman–Crippen LogP) is 2.97. The Morgan fingerprint density at radius 2 is 2.13 bits per heavy atom. The summed E-state index contributed by atoms with van der Waals surface area (Å²) in [7, 11) is 1.72. The Balaban J connectivity index is 1.50. The highest BCUT2D eigenvalue weighted by Crippen LogP contribution is 2.27. The van der Waals surface area contributed by atoms with Gasteiger partial charge in [0.05, 0.1) is 32.4 Å². The van der Waals surface area contributed by atoms with E-state index in [0.717, 1.165) is 76.9 Å². The Labute approximate surface area is 187 Å². The van der Waals surface area contributed by atoms with Crippen LogP contribution in [-0.4, -0.2) is 76.6 Å². The third-order valence-corrected chi connectivity index (χ3v) is 5.91. The molecule has 1 aromatic carbocycles. The number of nitrogens with one attached hydrogen (secondary N) is 2. The largest absolute Gasteiger partial charge is 0.497 e. The molecular formula is C24H40N4O3. The van der Waals surface area contributed by atoms with Crippen LogP contribution in [0, 0.1) is 0 Å². The van der Waals surface area contributed by atoms with E-state index in [1.807, 2.05) is 6.07 Å². The van der Waals surface area contributed by atoms with Gasteiger partial charge >= 0.3 is 0 Å². The van der Waals surface area contributed by atoms with E-state index < -0.39 is 0 Å². The summed E-state index contributed by atoms with van der Waals surface area (Å²) in [5.41, 5.74) is 1.27. The van der Waals surface area contributed by atoms with Crippen molar-refractivity contribution in [3.05, 3.63) is 29.8 Å². The molecule has 2 saturated heterocycles. The zero-order chi connectivity index (χ0) is 21.7. The molecule has 2 N–H and O–H groups in total. The summed E-state index contributed by atoms with van der Waals surface area (Å²) in [6.45, 7) is 9.09. The van der Waals surface area contributed by atoms with Gasteiger partial charge in [0, 0.05) is 26.3 Å². The molecule has 0 radical (unpaired) electrons. The van der Waals surface area contributed by atoms with Crippen molar-refractivity contribution < 1.29 is 14.2 Å². The fraction of sp³-hybridized carbons (Fsp3) is 0.708. The highest BCUT2D eigenvalue weighted by Gasteiger charge is 2.23. The summed E-state index contributed by atoms with van der Waals surface area (Å²) in [6.07, 6.45) is 6.05. The second-order valence-electron chi connectivity index (χ2n) is 8.25. The Kier molecular flexibility index (Phi) is 10.4. The van der Waals surface area contributed by atoms with E-state index in [1.165, 1.54) is 18.4 Å². The first-order chi connectivity index (χ1) is 15.3. The first kappa shape index (κ1) is 23.8. The van der Waals surface area contributed by atoms with Gasteiger partial charge in [-0.25, -0.2) is 0 Å². The number of benzene rings is 1. The lowest BCUT2D eigenvalue weighted by atomic mass is 10.1. The smallest absolute Gasteiger partial charge is 0.191 e. The van der Waals surface area contributed by atoms with E-state index in [0.29, 0.717) is 12.7 Å². The van der Waals surface area contributed by atoms with Crippen LogP contribution in [0.2, 0.25) is 0 Å². The molecule has 2 aliphatic heterocycles. The van der Waals surface area contributed by atoms with Crippen LogP contribution < -0.4 is 15.4 Å². The molecule has 0 bridgehead atoms. The van der Waals surface area contributed by atoms with Gasteiger partial charge in [0.2, 0.25) is 0 Å². The van der Waals surface area contributed by atoms with Crippen molar-refractivity contribution in [3.8, 4) is 5.75 Å². The zero-order valence-corrected chi connectivity index (χ0v) is 19.3. The maximum absolute atomic E-state index is 5.76. The van der Waals surface area contributed by atoms with Gasteiger partial charge in [-0.15, -0.1) is 0 Å². The van der Waals surface area contributed by atoms with Crippen LogP contribution in [0.1, 0.15) is 50.6 Å². The number of guanidine groups is 1. The molecule has 3 rings (SSSR count). The van der Waals surface area contributed by atoms with Crippen molar-refractivity contribution >= 4 is 5.96 Å². The number of ether oxygens (including phenoxy) is 3. The van der Waals surface area contributed by atoms with Crippen LogP contribution in [0.4, 0.5) is 0 Å². The minimum Gasteiger partial charge on any atom is -0.497 e. The number of hydrogen-bond acceptors (Lipinski definition) is 5. The quantitative estimate of drug-likeness (QED) is 0.301. The van der Waals surface area contributed by atoms with E-state index in [1.54, 1.807) is 7.11 Å². The summed E-state index contributed by atoms with van der Waals surface area (Å²) in [5, 5.41) is 6.83. The van der Waals surface area contributed by atoms with Gasteiger partial charge in [0.1, 0.15) is 5.75 Å². The van der Waals surface area contributed by atoms with Crippen molar-refractivity contribution in [2.75, 3.05) is 59.7 Å². The van der Waals surface area contributed by atoms with Crippen LogP contribution in [0.15, 0.2) is 29.3 Å². The molecule has 0 aliphatic carbocycles. The van der Waals surface area contributed by atoms with Crippen molar-refractivity contribution in [2.45, 2.75) is 51.2 Å².